The van der Waals surface area contributed by atoms with Crippen LogP contribution in [0.25, 0.3) is 6.08 Å². The van der Waals surface area contributed by atoms with Gasteiger partial charge >= 0.3 is 0 Å². The number of hydrogen-bond acceptors (Lipinski definition) is 3. The third-order valence-corrected chi connectivity index (χ3v) is 3.43. The zero-order chi connectivity index (χ0) is 15.8. The molecule has 0 heterocycles. The second kappa shape index (κ2) is 8.60. The van der Waals surface area contributed by atoms with E-state index in [1.54, 1.807) is 0 Å². The predicted octanol–water partition coefficient (Wildman–Crippen LogP) is 2.14. The highest BCUT2D eigenvalue weighted by molar-refractivity contribution is 5.91. The van der Waals surface area contributed by atoms with Gasteiger partial charge in [-0.05, 0) is 55.5 Å². The topological polar surface area (TPSA) is 58.6 Å². The van der Waals surface area contributed by atoms with Crippen LogP contribution < -0.4 is 5.32 Å². The van der Waals surface area contributed by atoms with Crippen LogP contribution in [0.4, 0.5) is 0 Å². The molecule has 0 saturated heterocycles. The SMILES string of the molecule is COCC(O)CCNC(=O)/C=C/c1cc(C)c(C)cc1C. The minimum absolute atomic E-state index is 0.155. The van der Waals surface area contributed by atoms with E-state index in [-0.39, 0.29) is 12.5 Å². The Balaban J connectivity index is 2.49. The Morgan fingerprint density at radius 1 is 1.29 bits per heavy atom. The van der Waals surface area contributed by atoms with Crippen molar-refractivity contribution in [1.82, 2.24) is 5.32 Å². The van der Waals surface area contributed by atoms with Gasteiger partial charge in [0.1, 0.15) is 0 Å². The summed E-state index contributed by atoms with van der Waals surface area (Å²) < 4.78 is 4.82. The maximum Gasteiger partial charge on any atom is 0.244 e. The number of aliphatic hydroxyl groups is 1. The van der Waals surface area contributed by atoms with Gasteiger partial charge in [-0.1, -0.05) is 12.1 Å². The molecule has 0 aromatic heterocycles. The van der Waals surface area contributed by atoms with Crippen molar-refractivity contribution in [1.29, 1.82) is 0 Å². The van der Waals surface area contributed by atoms with Crippen molar-refractivity contribution < 1.29 is 14.6 Å². The molecule has 116 valence electrons. The normalized spacial score (nSPS) is 12.6. The molecule has 0 aliphatic rings. The van der Waals surface area contributed by atoms with E-state index in [0.29, 0.717) is 13.0 Å². The quantitative estimate of drug-likeness (QED) is 0.757. The van der Waals surface area contributed by atoms with Crippen LogP contribution in [0.5, 0.6) is 0 Å². The molecule has 21 heavy (non-hydrogen) atoms. The molecule has 0 aliphatic carbocycles. The summed E-state index contributed by atoms with van der Waals surface area (Å²) in [5.74, 6) is -0.155. The van der Waals surface area contributed by atoms with Crippen molar-refractivity contribution in [2.45, 2.75) is 33.3 Å². The lowest BCUT2D eigenvalue weighted by Crippen LogP contribution is -2.27. The van der Waals surface area contributed by atoms with Crippen molar-refractivity contribution in [3.8, 4) is 0 Å². The fraction of sp³-hybridized carbons (Fsp3) is 0.471. The Hall–Kier alpha value is -1.65. The third-order valence-electron chi connectivity index (χ3n) is 3.43. The van der Waals surface area contributed by atoms with E-state index in [0.717, 1.165) is 11.1 Å². The molecule has 2 N–H and O–H groups in total. The number of amides is 1. The fourth-order valence-corrected chi connectivity index (χ4v) is 2.02. The smallest absolute Gasteiger partial charge is 0.244 e. The molecule has 1 rings (SSSR count). The van der Waals surface area contributed by atoms with Crippen molar-refractivity contribution in [3.05, 3.63) is 40.5 Å². The third kappa shape index (κ3) is 6.10. The highest BCUT2D eigenvalue weighted by Gasteiger charge is 2.04. The van der Waals surface area contributed by atoms with Crippen LogP contribution in [0.15, 0.2) is 18.2 Å². The molecule has 1 amide bonds. The van der Waals surface area contributed by atoms with Gasteiger partial charge in [0, 0.05) is 19.7 Å². The van der Waals surface area contributed by atoms with Gasteiger partial charge in [0.15, 0.2) is 0 Å². The van der Waals surface area contributed by atoms with Crippen molar-refractivity contribution in [3.63, 3.8) is 0 Å². The number of methoxy groups -OCH3 is 1. The van der Waals surface area contributed by atoms with E-state index in [1.165, 1.54) is 24.3 Å². The molecule has 1 aromatic carbocycles. The average Bonchev–Trinajstić information content (AvgIpc) is 2.41. The number of nitrogens with one attached hydrogen (secondary N) is 1. The largest absolute Gasteiger partial charge is 0.391 e. The summed E-state index contributed by atoms with van der Waals surface area (Å²) in [4.78, 5) is 11.7. The molecule has 1 aromatic rings. The van der Waals surface area contributed by atoms with Crippen LogP contribution in [0.3, 0.4) is 0 Å². The lowest BCUT2D eigenvalue weighted by molar-refractivity contribution is -0.116. The Morgan fingerprint density at radius 3 is 2.62 bits per heavy atom. The van der Waals surface area contributed by atoms with Crippen LogP contribution in [0.2, 0.25) is 0 Å². The molecule has 4 heteroatoms. The van der Waals surface area contributed by atoms with E-state index in [4.69, 9.17) is 4.74 Å². The second-order valence-electron chi connectivity index (χ2n) is 5.32. The summed E-state index contributed by atoms with van der Waals surface area (Å²) in [5, 5.41) is 12.2. The number of aliphatic hydroxyl groups excluding tert-OH is 1. The lowest BCUT2D eigenvalue weighted by Gasteiger charge is -2.09. The Kier molecular flexibility index (Phi) is 7.12. The van der Waals surface area contributed by atoms with Gasteiger partial charge in [0.25, 0.3) is 0 Å². The van der Waals surface area contributed by atoms with Gasteiger partial charge < -0.3 is 15.2 Å². The van der Waals surface area contributed by atoms with Gasteiger partial charge in [-0.15, -0.1) is 0 Å². The van der Waals surface area contributed by atoms with Gasteiger partial charge in [-0.2, -0.15) is 0 Å². The average molecular weight is 291 g/mol. The zero-order valence-electron chi connectivity index (χ0n) is 13.3. The number of aryl methyl sites for hydroxylation is 3. The first-order valence-electron chi connectivity index (χ1n) is 7.14. The minimum atomic E-state index is -0.540. The van der Waals surface area contributed by atoms with Crippen LogP contribution in [0.1, 0.15) is 28.7 Å². The number of ether oxygens (including phenoxy) is 1. The Bertz CT molecular complexity index is 509. The van der Waals surface area contributed by atoms with Crippen molar-refractivity contribution in [2.24, 2.45) is 0 Å². The molecule has 0 spiro atoms. The van der Waals surface area contributed by atoms with Crippen LogP contribution in [-0.4, -0.2) is 37.4 Å². The van der Waals surface area contributed by atoms with Gasteiger partial charge in [-0.25, -0.2) is 0 Å². The molecule has 0 fully saturated rings. The minimum Gasteiger partial charge on any atom is -0.391 e. The van der Waals surface area contributed by atoms with Crippen molar-refractivity contribution in [2.75, 3.05) is 20.3 Å². The standard InChI is InChI=1S/C17H25NO3/c1-12-9-14(3)15(10-13(12)2)5-6-17(20)18-8-7-16(19)11-21-4/h5-6,9-10,16,19H,7-8,11H2,1-4H3,(H,18,20)/b6-5+. The second-order valence-corrected chi connectivity index (χ2v) is 5.32. The van der Waals surface area contributed by atoms with E-state index < -0.39 is 6.10 Å². The molecular weight excluding hydrogens is 266 g/mol. The van der Waals surface area contributed by atoms with Crippen LogP contribution in [-0.2, 0) is 9.53 Å². The van der Waals surface area contributed by atoms with Gasteiger partial charge in [-0.3, -0.25) is 4.79 Å². The number of carbonyl (C=O) groups excluding carboxylic acids is 1. The Labute approximate surface area is 126 Å². The van der Waals surface area contributed by atoms with Gasteiger partial charge in [0.2, 0.25) is 5.91 Å². The van der Waals surface area contributed by atoms with E-state index in [1.807, 2.05) is 13.0 Å². The molecule has 1 unspecified atom stereocenters. The van der Waals surface area contributed by atoms with Gasteiger partial charge in [0.05, 0.1) is 12.7 Å². The summed E-state index contributed by atoms with van der Waals surface area (Å²) in [7, 11) is 1.54. The molecule has 0 radical (unpaired) electrons. The lowest BCUT2D eigenvalue weighted by atomic mass is 10.0. The molecule has 0 aliphatic heterocycles. The zero-order valence-corrected chi connectivity index (χ0v) is 13.3. The summed E-state index contributed by atoms with van der Waals surface area (Å²) in [6.45, 7) is 6.88. The van der Waals surface area contributed by atoms with Crippen LogP contribution in [0, 0.1) is 20.8 Å². The summed E-state index contributed by atoms with van der Waals surface area (Å²) in [6, 6.07) is 4.20. The molecule has 0 bridgehead atoms. The number of hydrogen-bond donors (Lipinski definition) is 2. The highest BCUT2D eigenvalue weighted by atomic mass is 16.5. The molecular formula is C17H25NO3. The van der Waals surface area contributed by atoms with E-state index in [2.05, 4.69) is 31.3 Å². The fourth-order valence-electron chi connectivity index (χ4n) is 2.02. The van der Waals surface area contributed by atoms with E-state index in [9.17, 15) is 9.90 Å². The molecule has 0 saturated carbocycles. The number of rotatable bonds is 7. The van der Waals surface area contributed by atoms with E-state index >= 15 is 0 Å². The first-order valence-corrected chi connectivity index (χ1v) is 7.14. The maximum absolute atomic E-state index is 11.7. The summed E-state index contributed by atoms with van der Waals surface area (Å²) in [6.07, 6.45) is 3.29. The highest BCUT2D eigenvalue weighted by Crippen LogP contribution is 2.16. The molecule has 1 atom stereocenters. The molecule has 4 nitrogen and oxygen atoms in total. The maximum atomic E-state index is 11.7. The first-order chi connectivity index (χ1) is 9.93. The number of carbonyl (C=O) groups is 1. The Morgan fingerprint density at radius 2 is 1.95 bits per heavy atom. The monoisotopic (exact) mass is 291 g/mol. The van der Waals surface area contributed by atoms with Crippen LogP contribution >= 0.6 is 0 Å². The van der Waals surface area contributed by atoms with Crippen molar-refractivity contribution >= 4 is 12.0 Å². The summed E-state index contributed by atoms with van der Waals surface area (Å²) in [5.41, 5.74) is 4.66. The first kappa shape index (κ1) is 17.4. The predicted molar refractivity (Wildman–Crippen MR) is 85.2 cm³/mol. The summed E-state index contributed by atoms with van der Waals surface area (Å²) >= 11 is 0. The number of benzene rings is 1.